The van der Waals surface area contributed by atoms with Crippen LogP contribution in [0.1, 0.15) is 39.0 Å². The number of hydrogen-bond acceptors (Lipinski definition) is 5. The number of amides is 1. The Kier molecular flexibility index (Phi) is 4.92. The van der Waals surface area contributed by atoms with E-state index in [4.69, 9.17) is 0 Å². The van der Waals surface area contributed by atoms with Gasteiger partial charge in [-0.05, 0) is 31.7 Å². The Morgan fingerprint density at radius 2 is 2.27 bits per heavy atom. The minimum Gasteiger partial charge on any atom is -0.355 e. The highest BCUT2D eigenvalue weighted by molar-refractivity contribution is 8.00. The maximum atomic E-state index is 12.2. The van der Waals surface area contributed by atoms with Crippen LogP contribution in [0.15, 0.2) is 23.6 Å². The molecule has 1 N–H and O–H groups in total. The fourth-order valence-corrected chi connectivity index (χ4v) is 3.53. The number of hydrogen-bond donors (Lipinski definition) is 1. The van der Waals surface area contributed by atoms with E-state index in [0.29, 0.717) is 16.9 Å². The molecule has 1 amide bonds. The van der Waals surface area contributed by atoms with Crippen LogP contribution in [0, 0.1) is 5.92 Å². The number of carbonyl (C=O) groups excluding carboxylic acids is 1. The first-order valence-electron chi connectivity index (χ1n) is 7.84. The van der Waals surface area contributed by atoms with Crippen molar-refractivity contribution in [1.29, 1.82) is 0 Å². The normalized spacial score (nSPS) is 17.5. The smallest absolute Gasteiger partial charge is 0.253 e. The molecule has 6 nitrogen and oxygen atoms in total. The van der Waals surface area contributed by atoms with Gasteiger partial charge < -0.3 is 5.32 Å². The molecule has 2 aromatic rings. The van der Waals surface area contributed by atoms with E-state index in [1.807, 2.05) is 6.92 Å². The Morgan fingerprint density at radius 3 is 3.05 bits per heavy atom. The van der Waals surface area contributed by atoms with Crippen molar-refractivity contribution < 1.29 is 4.79 Å². The van der Waals surface area contributed by atoms with Gasteiger partial charge in [0.2, 0.25) is 11.1 Å². The first-order valence-corrected chi connectivity index (χ1v) is 8.72. The third kappa shape index (κ3) is 3.76. The molecule has 0 saturated heterocycles. The van der Waals surface area contributed by atoms with E-state index in [1.165, 1.54) is 43.9 Å². The first-order chi connectivity index (χ1) is 10.7. The van der Waals surface area contributed by atoms with Crippen LogP contribution < -0.4 is 5.32 Å². The maximum Gasteiger partial charge on any atom is 0.253 e. The zero-order valence-corrected chi connectivity index (χ0v) is 13.6. The predicted molar refractivity (Wildman–Crippen MR) is 85.7 cm³/mol. The van der Waals surface area contributed by atoms with Crippen molar-refractivity contribution >= 4 is 23.4 Å². The average Bonchev–Trinajstić information content (AvgIpc) is 2.95. The van der Waals surface area contributed by atoms with Crippen molar-refractivity contribution in [2.45, 2.75) is 49.4 Å². The molecular formula is C15H21N5OS. The molecule has 1 aliphatic carbocycles. The number of thioether (sulfide) groups is 1. The van der Waals surface area contributed by atoms with Crippen LogP contribution in [0.5, 0.6) is 0 Å². The summed E-state index contributed by atoms with van der Waals surface area (Å²) in [7, 11) is 0. The van der Waals surface area contributed by atoms with Crippen LogP contribution >= 0.6 is 11.8 Å². The van der Waals surface area contributed by atoms with Gasteiger partial charge in [0.1, 0.15) is 0 Å². The number of nitrogens with zero attached hydrogens (tertiary/aromatic N) is 4. The van der Waals surface area contributed by atoms with Gasteiger partial charge in [0.25, 0.3) is 5.78 Å². The molecule has 0 bridgehead atoms. The Hall–Kier alpha value is -1.63. The lowest BCUT2D eigenvalue weighted by Crippen LogP contribution is -2.35. The van der Waals surface area contributed by atoms with Crippen molar-refractivity contribution in [1.82, 2.24) is 24.9 Å². The summed E-state index contributed by atoms with van der Waals surface area (Å²) in [6.07, 6.45) is 9.88. The lowest BCUT2D eigenvalue weighted by molar-refractivity contribution is -0.120. The largest absolute Gasteiger partial charge is 0.355 e. The van der Waals surface area contributed by atoms with Gasteiger partial charge in [-0.1, -0.05) is 31.0 Å². The molecule has 0 radical (unpaired) electrons. The summed E-state index contributed by atoms with van der Waals surface area (Å²) < 4.78 is 1.62. The SMILES string of the molecule is C[C@H](Sc1nc2ncccn2n1)C(=O)NCC1CCCCC1. The molecule has 3 rings (SSSR count). The highest BCUT2D eigenvalue weighted by atomic mass is 32.2. The molecule has 1 aliphatic rings. The van der Waals surface area contributed by atoms with Crippen molar-refractivity contribution in [3.8, 4) is 0 Å². The number of rotatable bonds is 5. The Labute approximate surface area is 134 Å². The number of aromatic nitrogens is 4. The summed E-state index contributed by atoms with van der Waals surface area (Å²) in [5.74, 6) is 1.26. The second kappa shape index (κ2) is 7.09. The summed E-state index contributed by atoms with van der Waals surface area (Å²) in [5.41, 5.74) is 0. The molecule has 2 aromatic heterocycles. The van der Waals surface area contributed by atoms with Crippen LogP contribution in [-0.2, 0) is 4.79 Å². The molecule has 1 fully saturated rings. The fourth-order valence-electron chi connectivity index (χ4n) is 2.76. The van der Waals surface area contributed by atoms with Gasteiger partial charge in [0.05, 0.1) is 5.25 Å². The third-order valence-corrected chi connectivity index (χ3v) is 4.99. The van der Waals surface area contributed by atoms with Crippen LogP contribution in [0.2, 0.25) is 0 Å². The molecule has 22 heavy (non-hydrogen) atoms. The molecule has 2 heterocycles. The number of fused-ring (bicyclic) bond motifs is 1. The Bertz CT molecular complexity index is 605. The highest BCUT2D eigenvalue weighted by Crippen LogP contribution is 2.23. The second-order valence-corrected chi connectivity index (χ2v) is 7.08. The van der Waals surface area contributed by atoms with Gasteiger partial charge in [-0.3, -0.25) is 4.79 Å². The standard InChI is InChI=1S/C15H21N5OS/c1-11(13(21)17-10-12-6-3-2-4-7-12)22-15-18-14-16-8-5-9-20(14)19-15/h5,8-9,11-12H,2-4,6-7,10H2,1H3,(H,17,21)/t11-/m0/s1. The average molecular weight is 319 g/mol. The van der Waals surface area contributed by atoms with Crippen molar-refractivity contribution in [2.75, 3.05) is 6.54 Å². The molecule has 0 aromatic carbocycles. The maximum absolute atomic E-state index is 12.2. The van der Waals surface area contributed by atoms with Crippen LogP contribution in [0.4, 0.5) is 0 Å². The lowest BCUT2D eigenvalue weighted by Gasteiger charge is -2.22. The second-order valence-electron chi connectivity index (χ2n) is 5.77. The van der Waals surface area contributed by atoms with Crippen LogP contribution in [0.3, 0.4) is 0 Å². The monoisotopic (exact) mass is 319 g/mol. The van der Waals surface area contributed by atoms with Gasteiger partial charge in [-0.15, -0.1) is 5.10 Å². The van der Waals surface area contributed by atoms with E-state index >= 15 is 0 Å². The van der Waals surface area contributed by atoms with Gasteiger partial charge >= 0.3 is 0 Å². The summed E-state index contributed by atoms with van der Waals surface area (Å²) in [5, 5.41) is 7.75. The molecule has 7 heteroatoms. The lowest BCUT2D eigenvalue weighted by atomic mass is 9.89. The minimum absolute atomic E-state index is 0.0578. The summed E-state index contributed by atoms with van der Waals surface area (Å²) >= 11 is 1.37. The summed E-state index contributed by atoms with van der Waals surface area (Å²) in [6, 6.07) is 1.80. The van der Waals surface area contributed by atoms with E-state index in [-0.39, 0.29) is 11.2 Å². The van der Waals surface area contributed by atoms with Crippen LogP contribution in [-0.4, -0.2) is 37.3 Å². The van der Waals surface area contributed by atoms with Crippen molar-refractivity contribution in [3.63, 3.8) is 0 Å². The molecule has 118 valence electrons. The quantitative estimate of drug-likeness (QED) is 0.856. The predicted octanol–water partition coefficient (Wildman–Crippen LogP) is 2.30. The molecule has 0 unspecified atom stereocenters. The van der Waals surface area contributed by atoms with Gasteiger partial charge in [-0.2, -0.15) is 4.98 Å². The van der Waals surface area contributed by atoms with Gasteiger partial charge in [-0.25, -0.2) is 9.50 Å². The minimum atomic E-state index is -0.207. The number of nitrogens with one attached hydrogen (secondary N) is 1. The molecular weight excluding hydrogens is 298 g/mol. The van der Waals surface area contributed by atoms with Crippen LogP contribution in [0.25, 0.3) is 5.78 Å². The van der Waals surface area contributed by atoms with E-state index in [1.54, 1.807) is 23.0 Å². The molecule has 0 spiro atoms. The van der Waals surface area contributed by atoms with Gasteiger partial charge in [0, 0.05) is 18.9 Å². The third-order valence-electron chi connectivity index (χ3n) is 4.04. The summed E-state index contributed by atoms with van der Waals surface area (Å²) in [6.45, 7) is 2.68. The first kappa shape index (κ1) is 15.3. The number of carbonyl (C=O) groups is 1. The fraction of sp³-hybridized carbons (Fsp3) is 0.600. The summed E-state index contributed by atoms with van der Waals surface area (Å²) in [4.78, 5) is 20.6. The van der Waals surface area contributed by atoms with E-state index in [9.17, 15) is 4.79 Å². The Balaban J connectivity index is 1.51. The molecule has 1 saturated carbocycles. The zero-order chi connectivity index (χ0) is 15.4. The molecule has 1 atom stereocenters. The topological polar surface area (TPSA) is 72.2 Å². The van der Waals surface area contributed by atoms with E-state index in [0.717, 1.165) is 6.54 Å². The molecule has 0 aliphatic heterocycles. The highest BCUT2D eigenvalue weighted by Gasteiger charge is 2.19. The zero-order valence-electron chi connectivity index (χ0n) is 12.7. The van der Waals surface area contributed by atoms with E-state index in [2.05, 4.69) is 20.4 Å². The Morgan fingerprint density at radius 1 is 1.45 bits per heavy atom. The van der Waals surface area contributed by atoms with Crippen molar-refractivity contribution in [2.24, 2.45) is 5.92 Å². The van der Waals surface area contributed by atoms with Crippen molar-refractivity contribution in [3.05, 3.63) is 18.5 Å². The van der Waals surface area contributed by atoms with E-state index < -0.39 is 0 Å². The van der Waals surface area contributed by atoms with Gasteiger partial charge in [0.15, 0.2) is 0 Å².